The molecule has 0 radical (unpaired) electrons. The molecule has 0 saturated carbocycles. The van der Waals surface area contributed by atoms with Crippen molar-refractivity contribution in [2.45, 2.75) is 11.0 Å². The van der Waals surface area contributed by atoms with Crippen molar-refractivity contribution in [1.29, 1.82) is 0 Å². The largest absolute Gasteiger partial charge is 0.371 e. The highest BCUT2D eigenvalue weighted by molar-refractivity contribution is 7.89. The minimum Gasteiger partial charge on any atom is -0.371 e. The van der Waals surface area contributed by atoms with Gasteiger partial charge in [0.2, 0.25) is 0 Å². The number of nitrogens with zero attached hydrogens (tertiary/aromatic N) is 1. The van der Waals surface area contributed by atoms with E-state index in [0.29, 0.717) is 6.61 Å². The summed E-state index contributed by atoms with van der Waals surface area (Å²) in [7, 11) is -3.98. The number of hydrogen-bond donors (Lipinski definition) is 0. The number of carbonyl (C=O) groups is 1. The lowest BCUT2D eigenvalue weighted by molar-refractivity contribution is 0.0854. The maximum Gasteiger partial charge on any atom is 0.269 e. The zero-order valence-corrected chi connectivity index (χ0v) is 13.6. The molecule has 0 spiro atoms. The maximum absolute atomic E-state index is 12.8. The SMILES string of the molecule is O=C(c1ccccc1Cl)N(CC1CO1)S(=O)(=O)c1ccccc1. The Kier molecular flexibility index (Phi) is 4.39. The van der Waals surface area contributed by atoms with E-state index in [1.54, 1.807) is 36.4 Å². The van der Waals surface area contributed by atoms with E-state index < -0.39 is 15.9 Å². The molecule has 2 aromatic rings. The molecule has 0 aromatic heterocycles. The summed E-state index contributed by atoms with van der Waals surface area (Å²) in [6.45, 7) is 0.415. The Bertz CT molecular complexity index is 819. The number of halogens is 1. The second-order valence-electron chi connectivity index (χ2n) is 5.09. The van der Waals surface area contributed by atoms with Gasteiger partial charge in [0.15, 0.2) is 0 Å². The molecule has 0 bridgehead atoms. The molecule has 3 rings (SSSR count). The van der Waals surface area contributed by atoms with Gasteiger partial charge in [0.05, 0.1) is 34.7 Å². The van der Waals surface area contributed by atoms with E-state index in [0.717, 1.165) is 4.31 Å². The first kappa shape index (κ1) is 16.0. The minimum atomic E-state index is -3.98. The van der Waals surface area contributed by atoms with Crippen LogP contribution in [0.5, 0.6) is 0 Å². The van der Waals surface area contributed by atoms with E-state index in [2.05, 4.69) is 0 Å². The fourth-order valence-electron chi connectivity index (χ4n) is 2.14. The van der Waals surface area contributed by atoms with E-state index in [1.807, 2.05) is 0 Å². The number of ether oxygens (including phenoxy) is 1. The molecule has 0 aliphatic carbocycles. The highest BCUT2D eigenvalue weighted by Crippen LogP contribution is 2.24. The summed E-state index contributed by atoms with van der Waals surface area (Å²) in [5.74, 6) is -0.657. The molecule has 1 amide bonds. The first-order chi connectivity index (χ1) is 11.0. The van der Waals surface area contributed by atoms with Crippen molar-refractivity contribution in [1.82, 2.24) is 4.31 Å². The molecular weight excluding hydrogens is 338 g/mol. The normalized spacial score (nSPS) is 16.8. The number of carbonyl (C=O) groups excluding carboxylic acids is 1. The van der Waals surface area contributed by atoms with Gasteiger partial charge in [-0.25, -0.2) is 12.7 Å². The molecular formula is C16H14ClNO4S. The number of benzene rings is 2. The molecule has 1 saturated heterocycles. The molecule has 1 atom stereocenters. The average Bonchev–Trinajstić information content (AvgIpc) is 3.37. The third-order valence-electron chi connectivity index (χ3n) is 3.43. The van der Waals surface area contributed by atoms with Gasteiger partial charge in [0.25, 0.3) is 15.9 Å². The monoisotopic (exact) mass is 351 g/mol. The van der Waals surface area contributed by atoms with Crippen LogP contribution in [-0.2, 0) is 14.8 Å². The van der Waals surface area contributed by atoms with Crippen LogP contribution in [0.4, 0.5) is 0 Å². The standard InChI is InChI=1S/C16H14ClNO4S/c17-15-9-5-4-8-14(15)16(19)18(10-12-11-22-12)23(20,21)13-6-2-1-3-7-13/h1-9,12H,10-11H2. The Morgan fingerprint density at radius 1 is 1.13 bits per heavy atom. The van der Waals surface area contributed by atoms with Crippen molar-refractivity contribution < 1.29 is 17.9 Å². The van der Waals surface area contributed by atoms with Crippen LogP contribution < -0.4 is 0 Å². The van der Waals surface area contributed by atoms with Gasteiger partial charge < -0.3 is 4.74 Å². The molecule has 0 N–H and O–H groups in total. The molecule has 1 aliphatic rings. The second-order valence-corrected chi connectivity index (χ2v) is 7.36. The van der Waals surface area contributed by atoms with Gasteiger partial charge in [-0.15, -0.1) is 0 Å². The number of epoxide rings is 1. The smallest absolute Gasteiger partial charge is 0.269 e. The summed E-state index contributed by atoms with van der Waals surface area (Å²) in [5.41, 5.74) is 0.148. The Morgan fingerprint density at radius 3 is 2.35 bits per heavy atom. The molecule has 1 unspecified atom stereocenters. The van der Waals surface area contributed by atoms with Crippen LogP contribution in [0, 0.1) is 0 Å². The van der Waals surface area contributed by atoms with Crippen LogP contribution >= 0.6 is 11.6 Å². The molecule has 1 aliphatic heterocycles. The van der Waals surface area contributed by atoms with E-state index in [4.69, 9.17) is 16.3 Å². The average molecular weight is 352 g/mol. The van der Waals surface area contributed by atoms with Crippen LogP contribution in [0.2, 0.25) is 5.02 Å². The highest BCUT2D eigenvalue weighted by atomic mass is 35.5. The van der Waals surface area contributed by atoms with Gasteiger partial charge in [-0.05, 0) is 24.3 Å². The number of hydrogen-bond acceptors (Lipinski definition) is 4. The summed E-state index contributed by atoms with van der Waals surface area (Å²) >= 11 is 6.04. The quantitative estimate of drug-likeness (QED) is 0.776. The predicted molar refractivity (Wildman–Crippen MR) is 85.9 cm³/mol. The Hall–Kier alpha value is -1.89. The molecule has 2 aromatic carbocycles. The third-order valence-corrected chi connectivity index (χ3v) is 5.53. The van der Waals surface area contributed by atoms with Crippen LogP contribution in [0.15, 0.2) is 59.5 Å². The van der Waals surface area contributed by atoms with Gasteiger partial charge in [-0.1, -0.05) is 41.9 Å². The summed E-state index contributed by atoms with van der Waals surface area (Å²) in [6, 6.07) is 14.2. The van der Waals surface area contributed by atoms with Crippen molar-refractivity contribution >= 4 is 27.5 Å². The van der Waals surface area contributed by atoms with Crippen LogP contribution in [-0.4, -0.2) is 37.9 Å². The first-order valence-corrected chi connectivity index (χ1v) is 8.80. The van der Waals surface area contributed by atoms with Gasteiger partial charge >= 0.3 is 0 Å². The van der Waals surface area contributed by atoms with Crippen molar-refractivity contribution in [3.8, 4) is 0 Å². The van der Waals surface area contributed by atoms with E-state index in [-0.39, 0.29) is 28.1 Å². The Balaban J connectivity index is 2.01. The van der Waals surface area contributed by atoms with Gasteiger partial charge in [-0.2, -0.15) is 0 Å². The zero-order valence-electron chi connectivity index (χ0n) is 12.1. The van der Waals surface area contributed by atoms with Crippen LogP contribution in [0.1, 0.15) is 10.4 Å². The second kappa shape index (κ2) is 6.31. The molecule has 1 fully saturated rings. The van der Waals surface area contributed by atoms with E-state index >= 15 is 0 Å². The molecule has 1 heterocycles. The summed E-state index contributed by atoms with van der Waals surface area (Å²) < 4.78 is 31.6. The van der Waals surface area contributed by atoms with Gasteiger partial charge in [0, 0.05) is 0 Å². The van der Waals surface area contributed by atoms with Crippen molar-refractivity contribution in [3.63, 3.8) is 0 Å². The number of rotatable bonds is 5. The van der Waals surface area contributed by atoms with Crippen LogP contribution in [0.3, 0.4) is 0 Å². The maximum atomic E-state index is 12.8. The molecule has 5 nitrogen and oxygen atoms in total. The molecule has 23 heavy (non-hydrogen) atoms. The van der Waals surface area contributed by atoms with E-state index in [9.17, 15) is 13.2 Å². The fourth-order valence-corrected chi connectivity index (χ4v) is 3.79. The van der Waals surface area contributed by atoms with Gasteiger partial charge in [-0.3, -0.25) is 4.79 Å². The summed E-state index contributed by atoms with van der Waals surface area (Å²) in [6.07, 6.45) is -0.264. The lowest BCUT2D eigenvalue weighted by Gasteiger charge is -2.22. The predicted octanol–water partition coefficient (Wildman–Crippen LogP) is 2.57. The van der Waals surface area contributed by atoms with E-state index in [1.165, 1.54) is 18.2 Å². The molecule has 120 valence electrons. The van der Waals surface area contributed by atoms with Crippen molar-refractivity contribution in [2.24, 2.45) is 0 Å². The minimum absolute atomic E-state index is 0.0265. The van der Waals surface area contributed by atoms with Crippen molar-refractivity contribution in [3.05, 3.63) is 65.2 Å². The lowest BCUT2D eigenvalue weighted by Crippen LogP contribution is -2.39. The fraction of sp³-hybridized carbons (Fsp3) is 0.188. The highest BCUT2D eigenvalue weighted by Gasteiger charge is 2.36. The Morgan fingerprint density at radius 2 is 1.74 bits per heavy atom. The number of sulfonamides is 1. The van der Waals surface area contributed by atoms with Crippen LogP contribution in [0.25, 0.3) is 0 Å². The first-order valence-electron chi connectivity index (χ1n) is 6.98. The summed E-state index contributed by atoms with van der Waals surface area (Å²) in [5, 5.41) is 0.211. The molecule has 7 heteroatoms. The number of amides is 1. The zero-order chi connectivity index (χ0) is 16.4. The summed E-state index contributed by atoms with van der Waals surface area (Å²) in [4.78, 5) is 12.8. The van der Waals surface area contributed by atoms with Gasteiger partial charge in [0.1, 0.15) is 0 Å². The third kappa shape index (κ3) is 3.39. The lowest BCUT2D eigenvalue weighted by atomic mass is 10.2. The Labute approximate surface area is 139 Å². The topological polar surface area (TPSA) is 67.0 Å². The van der Waals surface area contributed by atoms with Crippen molar-refractivity contribution in [2.75, 3.05) is 13.2 Å².